The van der Waals surface area contributed by atoms with Crippen molar-refractivity contribution >= 4 is 38.6 Å². The Kier molecular flexibility index (Phi) is 7.25. The van der Waals surface area contributed by atoms with E-state index in [1.165, 1.54) is 18.1 Å². The van der Waals surface area contributed by atoms with Gasteiger partial charge in [0, 0.05) is 0 Å². The highest BCUT2D eigenvalue weighted by molar-refractivity contribution is 9.49. The quantitative estimate of drug-likeness (QED) is 0.684. The summed E-state index contributed by atoms with van der Waals surface area (Å²) in [4.78, 5) is 0. The first-order valence-corrected chi connectivity index (χ1v) is 10.6. The first-order valence-electron chi connectivity index (χ1n) is 3.41. The monoisotopic (exact) mass is 270 g/mol. The molecular formula is C6H13AlBr2. The highest BCUT2D eigenvalue weighted by atomic mass is 79.9. The van der Waals surface area contributed by atoms with Gasteiger partial charge in [-0.05, 0) is 5.92 Å². The number of hydrogen-bond donors (Lipinski definition) is 0. The van der Waals surface area contributed by atoms with Crippen molar-refractivity contribution in [3.63, 3.8) is 0 Å². The molecule has 0 nitrogen and oxygen atoms in total. The van der Waals surface area contributed by atoms with Crippen LogP contribution in [0.25, 0.3) is 0 Å². The van der Waals surface area contributed by atoms with E-state index in [0.29, 0.717) is 0 Å². The second kappa shape index (κ2) is 6.22. The Bertz CT molecular complexity index is 56.1. The minimum absolute atomic E-state index is 0.604. The average molecular weight is 272 g/mol. The fraction of sp³-hybridized carbons (Fsp3) is 1.00. The molecule has 0 fully saturated rings. The molecule has 0 aliphatic heterocycles. The third-order valence-corrected chi connectivity index (χ3v) is 4.80. The van der Waals surface area contributed by atoms with Crippen molar-refractivity contribution in [1.82, 2.24) is 0 Å². The topological polar surface area (TPSA) is 0 Å². The van der Waals surface area contributed by atoms with Crippen LogP contribution in [0.3, 0.4) is 0 Å². The van der Waals surface area contributed by atoms with E-state index in [2.05, 4.69) is 42.0 Å². The summed E-state index contributed by atoms with van der Waals surface area (Å²) in [5, 5.41) is 1.37. The Morgan fingerprint density at radius 3 is 2.22 bits per heavy atom. The second-order valence-electron chi connectivity index (χ2n) is 2.72. The summed E-state index contributed by atoms with van der Waals surface area (Å²) in [7, 11) is -0.604. The molecule has 0 aromatic carbocycles. The lowest BCUT2D eigenvalue weighted by Crippen LogP contribution is -1.92. The van der Waals surface area contributed by atoms with Crippen molar-refractivity contribution in [3.8, 4) is 0 Å². The molecule has 0 aromatic rings. The van der Waals surface area contributed by atoms with Crippen LogP contribution >= 0.6 is 28.1 Å². The van der Waals surface area contributed by atoms with Gasteiger partial charge in [-0.25, -0.2) is 0 Å². The highest BCUT2D eigenvalue weighted by Crippen LogP contribution is 2.15. The SMILES string of the molecule is CC(C)CC[CH2][Al]([Br])[Br]. The first-order chi connectivity index (χ1) is 4.13. The fourth-order valence-electron chi connectivity index (χ4n) is 0.680. The molecule has 0 saturated heterocycles. The van der Waals surface area contributed by atoms with Gasteiger partial charge in [0.25, 0.3) is 0 Å². The first kappa shape index (κ1) is 10.5. The molecule has 0 aromatic heterocycles. The number of halogens is 2. The number of hydrogen-bond acceptors (Lipinski definition) is 0. The lowest BCUT2D eigenvalue weighted by atomic mass is 10.1. The maximum Gasteiger partial charge on any atom is 0.456 e. The van der Waals surface area contributed by atoms with Crippen molar-refractivity contribution in [1.29, 1.82) is 0 Å². The summed E-state index contributed by atoms with van der Waals surface area (Å²) in [6.07, 6.45) is 2.76. The molecule has 0 atom stereocenters. The third-order valence-electron chi connectivity index (χ3n) is 1.20. The molecule has 0 saturated carbocycles. The molecule has 0 bridgehead atoms. The van der Waals surface area contributed by atoms with E-state index in [0.717, 1.165) is 5.92 Å². The standard InChI is InChI=1S/C6H13.Al.2BrH/c1-4-5-6(2)3;;;/h6H,1,4-5H2,2-3H3;;2*1H/q;+2;;/p-2. The van der Waals surface area contributed by atoms with Gasteiger partial charge in [-0.15, -0.1) is 0 Å². The Hall–Kier alpha value is 1.49. The van der Waals surface area contributed by atoms with Crippen LogP contribution in [-0.2, 0) is 0 Å². The van der Waals surface area contributed by atoms with E-state index in [1.54, 1.807) is 0 Å². The normalized spacial score (nSPS) is 10.3. The van der Waals surface area contributed by atoms with E-state index in [-0.39, 0.29) is 0 Å². The van der Waals surface area contributed by atoms with Gasteiger partial charge in [0.2, 0.25) is 0 Å². The van der Waals surface area contributed by atoms with Gasteiger partial charge in [0.1, 0.15) is 0 Å². The summed E-state index contributed by atoms with van der Waals surface area (Å²) in [5.41, 5.74) is 0. The summed E-state index contributed by atoms with van der Waals surface area (Å²) in [5.74, 6) is 0.873. The Labute approximate surface area is 76.1 Å². The minimum atomic E-state index is -0.604. The highest BCUT2D eigenvalue weighted by Gasteiger charge is 2.07. The van der Waals surface area contributed by atoms with Crippen LogP contribution in [0.4, 0.5) is 0 Å². The van der Waals surface area contributed by atoms with Crippen LogP contribution in [0.1, 0.15) is 26.7 Å². The van der Waals surface area contributed by atoms with Crippen LogP contribution in [0, 0.1) is 5.92 Å². The molecule has 0 amide bonds. The van der Waals surface area contributed by atoms with Gasteiger partial charge >= 0.3 is 10.5 Å². The average Bonchev–Trinajstić information content (AvgIpc) is 1.63. The smallest absolute Gasteiger partial charge is 0.197 e. The molecule has 9 heavy (non-hydrogen) atoms. The molecule has 0 heterocycles. The van der Waals surface area contributed by atoms with Gasteiger partial charge < -0.3 is 0 Å². The lowest BCUT2D eigenvalue weighted by molar-refractivity contribution is 0.576. The van der Waals surface area contributed by atoms with E-state index in [1.807, 2.05) is 0 Å². The summed E-state index contributed by atoms with van der Waals surface area (Å²) < 4.78 is 0. The maximum atomic E-state index is 3.58. The zero-order chi connectivity index (χ0) is 7.28. The van der Waals surface area contributed by atoms with Gasteiger partial charge in [-0.2, -0.15) is 28.1 Å². The molecular weight excluding hydrogens is 259 g/mol. The molecule has 0 aliphatic rings. The zero-order valence-electron chi connectivity index (χ0n) is 6.03. The Morgan fingerprint density at radius 1 is 1.33 bits per heavy atom. The van der Waals surface area contributed by atoms with E-state index in [4.69, 9.17) is 0 Å². The van der Waals surface area contributed by atoms with Crippen molar-refractivity contribution in [2.45, 2.75) is 32.0 Å². The molecule has 0 N–H and O–H groups in total. The van der Waals surface area contributed by atoms with Crippen molar-refractivity contribution < 1.29 is 0 Å². The Balaban J connectivity index is 2.91. The third kappa shape index (κ3) is 9.49. The van der Waals surface area contributed by atoms with Crippen LogP contribution in [0.15, 0.2) is 0 Å². The largest absolute Gasteiger partial charge is 0.456 e. The van der Waals surface area contributed by atoms with Crippen molar-refractivity contribution in [2.75, 3.05) is 0 Å². The van der Waals surface area contributed by atoms with Crippen LogP contribution < -0.4 is 0 Å². The van der Waals surface area contributed by atoms with Crippen molar-refractivity contribution in [2.24, 2.45) is 5.92 Å². The number of rotatable bonds is 4. The van der Waals surface area contributed by atoms with Gasteiger partial charge in [0.05, 0.1) is 0 Å². The maximum absolute atomic E-state index is 3.58. The molecule has 0 radical (unpaired) electrons. The van der Waals surface area contributed by atoms with Crippen LogP contribution in [0.2, 0.25) is 5.28 Å². The van der Waals surface area contributed by atoms with E-state index in [9.17, 15) is 0 Å². The molecule has 0 spiro atoms. The van der Waals surface area contributed by atoms with Crippen LogP contribution in [-0.4, -0.2) is 10.5 Å². The lowest BCUT2D eigenvalue weighted by Gasteiger charge is -2.01. The second-order valence-corrected chi connectivity index (χ2v) is 14.4. The molecule has 0 aliphatic carbocycles. The predicted molar refractivity (Wildman–Crippen MR) is 52.5 cm³/mol. The van der Waals surface area contributed by atoms with Gasteiger partial charge in [0.15, 0.2) is 0 Å². The van der Waals surface area contributed by atoms with Gasteiger partial charge in [-0.1, -0.05) is 32.0 Å². The fourth-order valence-corrected chi connectivity index (χ4v) is 3.17. The molecule has 0 rings (SSSR count). The zero-order valence-corrected chi connectivity index (χ0v) is 10.4. The summed E-state index contributed by atoms with van der Waals surface area (Å²) >= 11 is 7.16. The minimum Gasteiger partial charge on any atom is -0.197 e. The van der Waals surface area contributed by atoms with Gasteiger partial charge in [-0.3, -0.25) is 0 Å². The van der Waals surface area contributed by atoms with Crippen LogP contribution in [0.5, 0.6) is 0 Å². The van der Waals surface area contributed by atoms with E-state index < -0.39 is 10.5 Å². The Morgan fingerprint density at radius 2 is 1.89 bits per heavy atom. The molecule has 3 heteroatoms. The van der Waals surface area contributed by atoms with Crippen molar-refractivity contribution in [3.05, 3.63) is 0 Å². The summed E-state index contributed by atoms with van der Waals surface area (Å²) in [6, 6.07) is 0. The molecule has 54 valence electrons. The predicted octanol–water partition coefficient (Wildman–Crippen LogP) is 3.70. The molecule has 0 unspecified atom stereocenters. The van der Waals surface area contributed by atoms with E-state index >= 15 is 0 Å². The summed E-state index contributed by atoms with van der Waals surface area (Å²) in [6.45, 7) is 4.55.